The maximum absolute atomic E-state index is 12.1. The normalized spacial score (nSPS) is 10.5. The molecule has 0 spiro atoms. The molecule has 1 aromatic heterocycles. The Morgan fingerprint density at radius 1 is 1.08 bits per heavy atom. The first kappa shape index (κ1) is 16.8. The molecule has 1 heterocycles. The zero-order chi connectivity index (χ0) is 17.6. The molecule has 0 saturated carbocycles. The lowest BCUT2D eigenvalue weighted by Crippen LogP contribution is -2.16. The summed E-state index contributed by atoms with van der Waals surface area (Å²) >= 11 is 0. The summed E-state index contributed by atoms with van der Waals surface area (Å²) < 4.78 is 10.5. The number of carbonyl (C=O) groups is 1. The molecule has 128 valence electrons. The third-order valence-corrected chi connectivity index (χ3v) is 4.00. The second-order valence-electron chi connectivity index (χ2n) is 5.77. The number of carbonyl (C=O) groups excluding carboxylic acids is 1. The van der Waals surface area contributed by atoms with Crippen LogP contribution in [0.2, 0.25) is 0 Å². The van der Waals surface area contributed by atoms with E-state index in [9.17, 15) is 4.79 Å². The van der Waals surface area contributed by atoms with Gasteiger partial charge in [-0.2, -0.15) is 0 Å². The SMILES string of the molecule is Cc1ccccc1CCOC(=O)Nc1c(-c2ccccc2)noc1C. The van der Waals surface area contributed by atoms with Gasteiger partial charge in [0.15, 0.2) is 5.76 Å². The average molecular weight is 336 g/mol. The van der Waals surface area contributed by atoms with Gasteiger partial charge in [0.2, 0.25) is 0 Å². The molecular weight excluding hydrogens is 316 g/mol. The number of aryl methyl sites for hydroxylation is 2. The molecule has 5 heteroatoms. The summed E-state index contributed by atoms with van der Waals surface area (Å²) in [5.41, 5.74) is 4.35. The van der Waals surface area contributed by atoms with Crippen molar-refractivity contribution in [2.45, 2.75) is 20.3 Å². The first-order chi connectivity index (χ1) is 12.1. The minimum Gasteiger partial charge on any atom is -0.449 e. The van der Waals surface area contributed by atoms with E-state index in [-0.39, 0.29) is 0 Å². The molecule has 0 bridgehead atoms. The van der Waals surface area contributed by atoms with Crippen molar-refractivity contribution in [3.63, 3.8) is 0 Å². The largest absolute Gasteiger partial charge is 0.449 e. The molecule has 0 aliphatic carbocycles. The van der Waals surface area contributed by atoms with Crippen molar-refractivity contribution in [2.75, 3.05) is 11.9 Å². The highest BCUT2D eigenvalue weighted by molar-refractivity contribution is 5.90. The van der Waals surface area contributed by atoms with Crippen LogP contribution in [-0.2, 0) is 11.2 Å². The van der Waals surface area contributed by atoms with Crippen LogP contribution in [0.25, 0.3) is 11.3 Å². The van der Waals surface area contributed by atoms with Gasteiger partial charge in [0.25, 0.3) is 0 Å². The Morgan fingerprint density at radius 3 is 2.56 bits per heavy atom. The molecule has 5 nitrogen and oxygen atoms in total. The van der Waals surface area contributed by atoms with Crippen molar-refractivity contribution in [2.24, 2.45) is 0 Å². The first-order valence-electron chi connectivity index (χ1n) is 8.15. The molecule has 25 heavy (non-hydrogen) atoms. The highest BCUT2D eigenvalue weighted by Gasteiger charge is 2.17. The lowest BCUT2D eigenvalue weighted by atomic mass is 10.1. The second kappa shape index (κ2) is 7.66. The van der Waals surface area contributed by atoms with E-state index >= 15 is 0 Å². The smallest absolute Gasteiger partial charge is 0.411 e. The summed E-state index contributed by atoms with van der Waals surface area (Å²) in [7, 11) is 0. The van der Waals surface area contributed by atoms with Crippen LogP contribution in [-0.4, -0.2) is 17.9 Å². The number of rotatable bonds is 5. The van der Waals surface area contributed by atoms with E-state index in [1.165, 1.54) is 11.1 Å². The monoisotopic (exact) mass is 336 g/mol. The molecule has 2 aromatic carbocycles. The molecule has 0 fully saturated rings. The van der Waals surface area contributed by atoms with E-state index in [1.807, 2.05) is 61.5 Å². The molecule has 0 unspecified atom stereocenters. The molecule has 0 atom stereocenters. The van der Waals surface area contributed by atoms with Crippen LogP contribution in [0.4, 0.5) is 10.5 Å². The van der Waals surface area contributed by atoms with E-state index in [4.69, 9.17) is 9.26 Å². The highest BCUT2D eigenvalue weighted by atomic mass is 16.5. The Morgan fingerprint density at radius 2 is 1.80 bits per heavy atom. The Labute approximate surface area is 146 Å². The zero-order valence-electron chi connectivity index (χ0n) is 14.3. The van der Waals surface area contributed by atoms with Gasteiger partial charge in [-0.1, -0.05) is 59.8 Å². The van der Waals surface area contributed by atoms with Crippen molar-refractivity contribution in [1.82, 2.24) is 5.16 Å². The molecule has 0 radical (unpaired) electrons. The molecule has 1 amide bonds. The van der Waals surface area contributed by atoms with Crippen LogP contribution in [0, 0.1) is 13.8 Å². The van der Waals surface area contributed by atoms with Crippen LogP contribution in [0.1, 0.15) is 16.9 Å². The minimum absolute atomic E-state index is 0.307. The van der Waals surface area contributed by atoms with Crippen LogP contribution in [0.15, 0.2) is 59.1 Å². The summed E-state index contributed by atoms with van der Waals surface area (Å²) in [6.07, 6.45) is 0.158. The molecule has 0 aliphatic rings. The molecule has 3 aromatic rings. The van der Waals surface area contributed by atoms with Gasteiger partial charge in [0.1, 0.15) is 11.4 Å². The number of nitrogens with zero attached hydrogens (tertiary/aromatic N) is 1. The quantitative estimate of drug-likeness (QED) is 0.730. The van der Waals surface area contributed by atoms with Gasteiger partial charge in [0.05, 0.1) is 6.61 Å². The molecule has 0 aliphatic heterocycles. The van der Waals surface area contributed by atoms with E-state index in [1.54, 1.807) is 6.92 Å². The number of hydrogen-bond donors (Lipinski definition) is 1. The molecule has 3 rings (SSSR count). The van der Waals surface area contributed by atoms with E-state index < -0.39 is 6.09 Å². The number of ether oxygens (including phenoxy) is 1. The van der Waals surface area contributed by atoms with Gasteiger partial charge in [0, 0.05) is 12.0 Å². The fraction of sp³-hybridized carbons (Fsp3) is 0.200. The van der Waals surface area contributed by atoms with Crippen LogP contribution >= 0.6 is 0 Å². The number of anilines is 1. The molecular formula is C20H20N2O3. The minimum atomic E-state index is -0.517. The predicted octanol–water partition coefficient (Wildman–Crippen LogP) is 4.75. The lowest BCUT2D eigenvalue weighted by Gasteiger charge is -2.09. The lowest BCUT2D eigenvalue weighted by molar-refractivity contribution is 0.163. The topological polar surface area (TPSA) is 64.4 Å². The summed E-state index contributed by atoms with van der Waals surface area (Å²) in [6, 6.07) is 17.6. The fourth-order valence-electron chi connectivity index (χ4n) is 2.59. The Bertz CT molecular complexity index is 856. The number of nitrogens with one attached hydrogen (secondary N) is 1. The van der Waals surface area contributed by atoms with Gasteiger partial charge in [-0.05, 0) is 25.0 Å². The Kier molecular flexibility index (Phi) is 5.14. The maximum atomic E-state index is 12.1. The van der Waals surface area contributed by atoms with Gasteiger partial charge >= 0.3 is 6.09 Å². The third-order valence-electron chi connectivity index (χ3n) is 4.00. The van der Waals surface area contributed by atoms with Crippen molar-refractivity contribution >= 4 is 11.8 Å². The fourth-order valence-corrected chi connectivity index (χ4v) is 2.59. The predicted molar refractivity (Wildman–Crippen MR) is 96.5 cm³/mol. The summed E-state index contributed by atoms with van der Waals surface area (Å²) in [5.74, 6) is 0.537. The van der Waals surface area contributed by atoms with Gasteiger partial charge in [-0.25, -0.2) is 4.79 Å². The van der Waals surface area contributed by atoms with E-state index in [0.29, 0.717) is 30.2 Å². The van der Waals surface area contributed by atoms with Gasteiger partial charge in [-0.3, -0.25) is 5.32 Å². The number of aromatic nitrogens is 1. The first-order valence-corrected chi connectivity index (χ1v) is 8.15. The Balaban J connectivity index is 1.62. The van der Waals surface area contributed by atoms with E-state index in [0.717, 1.165) is 5.56 Å². The van der Waals surface area contributed by atoms with E-state index in [2.05, 4.69) is 10.5 Å². The summed E-state index contributed by atoms with van der Waals surface area (Å²) in [4.78, 5) is 12.1. The van der Waals surface area contributed by atoms with Crippen molar-refractivity contribution in [3.05, 3.63) is 71.5 Å². The maximum Gasteiger partial charge on any atom is 0.411 e. The number of benzene rings is 2. The summed E-state index contributed by atoms with van der Waals surface area (Å²) in [5, 5.41) is 6.77. The van der Waals surface area contributed by atoms with Crippen molar-refractivity contribution < 1.29 is 14.1 Å². The zero-order valence-corrected chi connectivity index (χ0v) is 14.3. The van der Waals surface area contributed by atoms with Crippen LogP contribution in [0.5, 0.6) is 0 Å². The third kappa shape index (κ3) is 4.07. The number of hydrogen-bond acceptors (Lipinski definition) is 4. The second-order valence-corrected chi connectivity index (χ2v) is 5.77. The van der Waals surface area contributed by atoms with Crippen molar-refractivity contribution in [3.8, 4) is 11.3 Å². The van der Waals surface area contributed by atoms with Crippen LogP contribution in [0.3, 0.4) is 0 Å². The van der Waals surface area contributed by atoms with Crippen molar-refractivity contribution in [1.29, 1.82) is 0 Å². The van der Waals surface area contributed by atoms with Gasteiger partial charge < -0.3 is 9.26 Å². The molecule has 1 N–H and O–H groups in total. The molecule has 0 saturated heterocycles. The van der Waals surface area contributed by atoms with Gasteiger partial charge in [-0.15, -0.1) is 0 Å². The van der Waals surface area contributed by atoms with Crippen LogP contribution < -0.4 is 5.32 Å². The average Bonchev–Trinajstić information content (AvgIpc) is 2.98. The highest BCUT2D eigenvalue weighted by Crippen LogP contribution is 2.29. The standard InChI is InChI=1S/C20H20N2O3/c1-14-8-6-7-9-16(14)12-13-24-20(23)21-18-15(2)25-22-19(18)17-10-4-3-5-11-17/h3-11H,12-13H2,1-2H3,(H,21,23). The summed E-state index contributed by atoms with van der Waals surface area (Å²) in [6.45, 7) is 4.10. The number of amides is 1. The Hall–Kier alpha value is -3.08.